The van der Waals surface area contributed by atoms with E-state index in [1.165, 1.54) is 0 Å². The minimum atomic E-state index is -0.317. The van der Waals surface area contributed by atoms with Gasteiger partial charge in [0.2, 0.25) is 6.29 Å². The summed E-state index contributed by atoms with van der Waals surface area (Å²) in [5.74, 6) is 0.753. The van der Waals surface area contributed by atoms with Crippen LogP contribution in [0, 0.1) is 0 Å². The lowest BCUT2D eigenvalue weighted by molar-refractivity contribution is -0.0499. The Hall–Kier alpha value is -1.39. The van der Waals surface area contributed by atoms with Crippen LogP contribution in [0.15, 0.2) is 24.3 Å². The van der Waals surface area contributed by atoms with E-state index >= 15 is 0 Å². The van der Waals surface area contributed by atoms with Crippen molar-refractivity contribution in [2.75, 3.05) is 13.2 Å². The SMILES string of the molecule is c1ccc2[nH]c(C3OCCO3)nc2c1. The lowest BCUT2D eigenvalue weighted by atomic mass is 10.3. The van der Waals surface area contributed by atoms with Crippen LogP contribution in [0.3, 0.4) is 0 Å². The third kappa shape index (κ3) is 1.20. The van der Waals surface area contributed by atoms with Gasteiger partial charge in [-0.25, -0.2) is 4.98 Å². The van der Waals surface area contributed by atoms with Gasteiger partial charge in [-0.2, -0.15) is 0 Å². The fraction of sp³-hybridized carbons (Fsp3) is 0.300. The highest BCUT2D eigenvalue weighted by atomic mass is 16.7. The molecule has 1 aromatic carbocycles. The summed E-state index contributed by atoms with van der Waals surface area (Å²) in [6, 6.07) is 7.88. The van der Waals surface area contributed by atoms with E-state index in [2.05, 4.69) is 9.97 Å². The maximum absolute atomic E-state index is 5.35. The summed E-state index contributed by atoms with van der Waals surface area (Å²) in [6.07, 6.45) is -0.317. The van der Waals surface area contributed by atoms with Crippen LogP contribution in [-0.2, 0) is 9.47 Å². The van der Waals surface area contributed by atoms with E-state index in [0.29, 0.717) is 13.2 Å². The fourth-order valence-corrected chi connectivity index (χ4v) is 1.60. The number of aromatic nitrogens is 2. The molecule has 0 radical (unpaired) electrons. The molecule has 1 aliphatic rings. The second-order valence-electron chi connectivity index (χ2n) is 3.21. The first-order chi connectivity index (χ1) is 6.93. The highest BCUT2D eigenvalue weighted by molar-refractivity contribution is 5.74. The van der Waals surface area contributed by atoms with E-state index in [0.717, 1.165) is 16.9 Å². The van der Waals surface area contributed by atoms with Crippen molar-refractivity contribution in [3.8, 4) is 0 Å². The van der Waals surface area contributed by atoms with Gasteiger partial charge in [0.25, 0.3) is 0 Å². The van der Waals surface area contributed by atoms with Crippen LogP contribution in [0.2, 0.25) is 0 Å². The summed E-state index contributed by atoms with van der Waals surface area (Å²) in [7, 11) is 0. The van der Waals surface area contributed by atoms with E-state index in [1.807, 2.05) is 24.3 Å². The molecule has 2 heterocycles. The van der Waals surface area contributed by atoms with Gasteiger partial charge >= 0.3 is 0 Å². The number of fused-ring (bicyclic) bond motifs is 1. The molecule has 0 bridgehead atoms. The Balaban J connectivity index is 2.05. The number of nitrogens with zero attached hydrogens (tertiary/aromatic N) is 1. The monoisotopic (exact) mass is 190 g/mol. The predicted octanol–water partition coefficient (Wildman–Crippen LogP) is 1.61. The molecule has 1 saturated heterocycles. The minimum Gasteiger partial charge on any atom is -0.343 e. The second-order valence-corrected chi connectivity index (χ2v) is 3.21. The summed E-state index contributed by atoms with van der Waals surface area (Å²) in [5, 5.41) is 0. The van der Waals surface area contributed by atoms with E-state index in [9.17, 15) is 0 Å². The number of para-hydroxylation sites is 2. The molecule has 0 aliphatic carbocycles. The van der Waals surface area contributed by atoms with Gasteiger partial charge in [0.1, 0.15) is 0 Å². The smallest absolute Gasteiger partial charge is 0.217 e. The Labute approximate surface area is 80.9 Å². The number of ether oxygens (including phenoxy) is 2. The summed E-state index contributed by atoms with van der Waals surface area (Å²) in [6.45, 7) is 1.28. The Morgan fingerprint density at radius 3 is 2.79 bits per heavy atom. The van der Waals surface area contributed by atoms with E-state index in [4.69, 9.17) is 9.47 Å². The number of aromatic amines is 1. The lowest BCUT2D eigenvalue weighted by Crippen LogP contribution is -1.99. The number of hydrogen-bond donors (Lipinski definition) is 1. The molecule has 2 aromatic rings. The number of H-pyrrole nitrogens is 1. The molecule has 0 spiro atoms. The number of rotatable bonds is 1. The van der Waals surface area contributed by atoms with Gasteiger partial charge in [-0.1, -0.05) is 12.1 Å². The molecule has 14 heavy (non-hydrogen) atoms. The zero-order valence-corrected chi connectivity index (χ0v) is 7.56. The Morgan fingerprint density at radius 2 is 2.00 bits per heavy atom. The van der Waals surface area contributed by atoms with Gasteiger partial charge < -0.3 is 14.5 Å². The Morgan fingerprint density at radius 1 is 1.21 bits per heavy atom. The Bertz CT molecular complexity index is 413. The molecule has 0 amide bonds. The van der Waals surface area contributed by atoms with Crippen LogP contribution >= 0.6 is 0 Å². The normalized spacial score (nSPS) is 18.0. The molecule has 0 saturated carbocycles. The van der Waals surface area contributed by atoms with Crippen molar-refractivity contribution in [2.24, 2.45) is 0 Å². The van der Waals surface area contributed by atoms with Crippen LogP contribution in [0.1, 0.15) is 12.1 Å². The first-order valence-corrected chi connectivity index (χ1v) is 4.61. The van der Waals surface area contributed by atoms with Crippen LogP contribution in [-0.4, -0.2) is 23.2 Å². The predicted molar refractivity (Wildman–Crippen MR) is 50.7 cm³/mol. The zero-order valence-electron chi connectivity index (χ0n) is 7.56. The van der Waals surface area contributed by atoms with Crippen molar-refractivity contribution >= 4 is 11.0 Å². The average molecular weight is 190 g/mol. The van der Waals surface area contributed by atoms with Crippen LogP contribution in [0.5, 0.6) is 0 Å². The summed E-state index contributed by atoms with van der Waals surface area (Å²) >= 11 is 0. The van der Waals surface area contributed by atoms with E-state index in [-0.39, 0.29) is 6.29 Å². The molecule has 1 aliphatic heterocycles. The first-order valence-electron chi connectivity index (χ1n) is 4.61. The van der Waals surface area contributed by atoms with Crippen molar-refractivity contribution in [3.63, 3.8) is 0 Å². The van der Waals surface area contributed by atoms with Gasteiger partial charge in [0.15, 0.2) is 5.82 Å². The maximum Gasteiger partial charge on any atom is 0.217 e. The third-order valence-electron chi connectivity index (χ3n) is 2.25. The first kappa shape index (κ1) is 7.96. The number of imidazole rings is 1. The highest BCUT2D eigenvalue weighted by Gasteiger charge is 2.21. The summed E-state index contributed by atoms with van der Waals surface area (Å²) < 4.78 is 10.7. The van der Waals surface area contributed by atoms with Crippen molar-refractivity contribution < 1.29 is 9.47 Å². The maximum atomic E-state index is 5.35. The van der Waals surface area contributed by atoms with Gasteiger partial charge in [-0.05, 0) is 12.1 Å². The molecule has 0 atom stereocenters. The molecule has 3 rings (SSSR count). The van der Waals surface area contributed by atoms with Gasteiger partial charge in [-0.3, -0.25) is 0 Å². The minimum absolute atomic E-state index is 0.317. The lowest BCUT2D eigenvalue weighted by Gasteiger charge is -2.03. The number of hydrogen-bond acceptors (Lipinski definition) is 3. The van der Waals surface area contributed by atoms with Crippen molar-refractivity contribution in [1.82, 2.24) is 9.97 Å². The number of nitrogens with one attached hydrogen (secondary N) is 1. The molecule has 4 heteroatoms. The molecule has 0 unspecified atom stereocenters. The quantitative estimate of drug-likeness (QED) is 0.743. The van der Waals surface area contributed by atoms with Gasteiger partial charge in [0, 0.05) is 0 Å². The topological polar surface area (TPSA) is 47.1 Å². The van der Waals surface area contributed by atoms with Crippen LogP contribution in [0.25, 0.3) is 11.0 Å². The highest BCUT2D eigenvalue weighted by Crippen LogP contribution is 2.22. The van der Waals surface area contributed by atoms with Crippen LogP contribution < -0.4 is 0 Å². The number of benzene rings is 1. The summed E-state index contributed by atoms with van der Waals surface area (Å²) in [5.41, 5.74) is 1.96. The molecular formula is C10H10N2O2. The average Bonchev–Trinajstić information content (AvgIpc) is 2.86. The third-order valence-corrected chi connectivity index (χ3v) is 2.25. The van der Waals surface area contributed by atoms with Crippen molar-refractivity contribution in [1.29, 1.82) is 0 Å². The Kier molecular flexibility index (Phi) is 1.75. The van der Waals surface area contributed by atoms with Gasteiger partial charge in [0.05, 0.1) is 24.2 Å². The zero-order chi connectivity index (χ0) is 9.38. The van der Waals surface area contributed by atoms with Crippen molar-refractivity contribution in [2.45, 2.75) is 6.29 Å². The molecule has 1 aromatic heterocycles. The van der Waals surface area contributed by atoms with E-state index in [1.54, 1.807) is 0 Å². The largest absolute Gasteiger partial charge is 0.343 e. The standard InChI is InChI=1S/C10H10N2O2/c1-2-4-8-7(3-1)11-9(12-8)10-13-5-6-14-10/h1-4,10H,5-6H2,(H,11,12). The van der Waals surface area contributed by atoms with Crippen LogP contribution in [0.4, 0.5) is 0 Å². The molecule has 72 valence electrons. The molecule has 1 fully saturated rings. The van der Waals surface area contributed by atoms with Gasteiger partial charge in [-0.15, -0.1) is 0 Å². The fourth-order valence-electron chi connectivity index (χ4n) is 1.60. The van der Waals surface area contributed by atoms with E-state index < -0.39 is 0 Å². The second kappa shape index (κ2) is 3.08. The molecule has 4 nitrogen and oxygen atoms in total. The molecule has 1 N–H and O–H groups in total. The van der Waals surface area contributed by atoms with Crippen molar-refractivity contribution in [3.05, 3.63) is 30.1 Å². The molecular weight excluding hydrogens is 180 g/mol. The summed E-state index contributed by atoms with van der Waals surface area (Å²) in [4.78, 5) is 7.57.